The van der Waals surface area contributed by atoms with Crippen molar-refractivity contribution in [1.82, 2.24) is 4.57 Å². The lowest BCUT2D eigenvalue weighted by atomic mass is 10.0. The number of aliphatic hydroxyl groups excluding tert-OH is 1. The lowest BCUT2D eigenvalue weighted by Gasteiger charge is -2.03. The third-order valence-corrected chi connectivity index (χ3v) is 5.42. The van der Waals surface area contributed by atoms with Crippen molar-refractivity contribution in [1.29, 1.82) is 0 Å². The van der Waals surface area contributed by atoms with Gasteiger partial charge >= 0.3 is 0 Å². The van der Waals surface area contributed by atoms with Gasteiger partial charge in [-0.3, -0.25) is 4.57 Å². The van der Waals surface area contributed by atoms with Crippen LogP contribution in [0.5, 0.6) is 11.8 Å². The zero-order valence-corrected chi connectivity index (χ0v) is 18.0. The summed E-state index contributed by atoms with van der Waals surface area (Å²) in [5.74, 6) is 0.00597. The van der Waals surface area contributed by atoms with E-state index in [1.165, 1.54) is 101 Å². The fraction of sp³-hybridized carbons (Fsp3) is 0.750. The van der Waals surface area contributed by atoms with E-state index in [1.54, 1.807) is 0 Å². The first-order chi connectivity index (χ1) is 13.7. The van der Waals surface area contributed by atoms with Crippen LogP contribution >= 0.6 is 0 Å². The number of aromatic nitrogens is 1. The van der Waals surface area contributed by atoms with Crippen LogP contribution in [0.4, 0.5) is 0 Å². The van der Waals surface area contributed by atoms with Crippen molar-refractivity contribution in [2.24, 2.45) is 0 Å². The van der Waals surface area contributed by atoms with Crippen LogP contribution in [0, 0.1) is 0 Å². The Labute approximate surface area is 172 Å². The number of hydrogen-bond acceptors (Lipinski definition) is 3. The molecule has 0 saturated carbocycles. The van der Waals surface area contributed by atoms with Gasteiger partial charge in [-0.05, 0) is 12.8 Å². The largest absolute Gasteiger partial charge is 0.494 e. The molecule has 0 spiro atoms. The second-order valence-corrected chi connectivity index (χ2v) is 7.94. The van der Waals surface area contributed by atoms with Crippen molar-refractivity contribution in [3.8, 4) is 11.8 Å². The molecule has 0 saturated heterocycles. The van der Waals surface area contributed by atoms with E-state index in [4.69, 9.17) is 5.11 Å². The molecule has 1 heterocycles. The Hall–Kier alpha value is -1.42. The first-order valence-corrected chi connectivity index (χ1v) is 11.6. The van der Waals surface area contributed by atoms with E-state index < -0.39 is 0 Å². The van der Waals surface area contributed by atoms with Gasteiger partial charge in [0, 0.05) is 11.6 Å². The van der Waals surface area contributed by atoms with Crippen LogP contribution in [0.3, 0.4) is 0 Å². The van der Waals surface area contributed by atoms with Gasteiger partial charge in [-0.2, -0.15) is 0 Å². The van der Waals surface area contributed by atoms with Gasteiger partial charge in [-0.25, -0.2) is 0 Å². The molecule has 4 heteroatoms. The van der Waals surface area contributed by atoms with Gasteiger partial charge in [0.25, 0.3) is 0 Å². The molecular formula is C24H43NO3. The maximum absolute atomic E-state index is 10.0. The lowest BCUT2D eigenvalue weighted by molar-refractivity contribution is 0.256. The van der Waals surface area contributed by atoms with Crippen LogP contribution in [-0.4, -0.2) is 26.5 Å². The summed E-state index contributed by atoms with van der Waals surface area (Å²) in [5.41, 5.74) is 0.608. The molecular weight excluding hydrogens is 350 g/mol. The molecule has 1 aromatic rings. The standard InChI is InChI=1S/C24H43NO3/c1-2-3-4-5-6-7-8-9-10-11-12-13-14-15-16-17-18-22-21-23(27)25(19-20-26)24(22)28/h17-18,21,26-28H,2-16,19-20H2,1H3. The minimum absolute atomic E-state index is 0.0114. The second-order valence-electron chi connectivity index (χ2n) is 7.94. The predicted molar refractivity (Wildman–Crippen MR) is 119 cm³/mol. The van der Waals surface area contributed by atoms with Crippen molar-refractivity contribution in [2.75, 3.05) is 6.61 Å². The average molecular weight is 394 g/mol. The van der Waals surface area contributed by atoms with Crippen molar-refractivity contribution in [3.05, 3.63) is 17.7 Å². The Balaban J connectivity index is 1.94. The molecule has 0 atom stereocenters. The number of allylic oxidation sites excluding steroid dienone is 1. The molecule has 0 aliphatic carbocycles. The van der Waals surface area contributed by atoms with Crippen LogP contribution in [0.15, 0.2) is 12.1 Å². The van der Waals surface area contributed by atoms with Crippen molar-refractivity contribution < 1.29 is 15.3 Å². The fourth-order valence-corrected chi connectivity index (χ4v) is 3.66. The number of aliphatic hydroxyl groups is 1. The zero-order chi connectivity index (χ0) is 20.5. The molecule has 0 fully saturated rings. The highest BCUT2D eigenvalue weighted by Crippen LogP contribution is 2.28. The smallest absolute Gasteiger partial charge is 0.201 e. The van der Waals surface area contributed by atoms with Gasteiger partial charge in [-0.15, -0.1) is 0 Å². The Morgan fingerprint density at radius 2 is 1.29 bits per heavy atom. The highest BCUT2D eigenvalue weighted by molar-refractivity contribution is 5.57. The van der Waals surface area contributed by atoms with Crippen molar-refractivity contribution >= 4 is 6.08 Å². The number of rotatable bonds is 18. The van der Waals surface area contributed by atoms with Gasteiger partial charge < -0.3 is 15.3 Å². The molecule has 0 amide bonds. The number of hydrogen-bond donors (Lipinski definition) is 3. The summed E-state index contributed by atoms with van der Waals surface area (Å²) in [4.78, 5) is 0. The summed E-state index contributed by atoms with van der Waals surface area (Å²) in [7, 11) is 0. The maximum atomic E-state index is 10.0. The second kappa shape index (κ2) is 16.5. The van der Waals surface area contributed by atoms with Crippen LogP contribution in [-0.2, 0) is 6.54 Å². The molecule has 0 bridgehead atoms. The van der Waals surface area contributed by atoms with Crippen molar-refractivity contribution in [2.45, 2.75) is 110 Å². The van der Waals surface area contributed by atoms with E-state index in [2.05, 4.69) is 13.0 Å². The summed E-state index contributed by atoms with van der Waals surface area (Å²) in [6.45, 7) is 2.36. The fourth-order valence-electron chi connectivity index (χ4n) is 3.66. The first-order valence-electron chi connectivity index (χ1n) is 11.6. The quantitative estimate of drug-likeness (QED) is 0.241. The molecule has 4 nitrogen and oxygen atoms in total. The van der Waals surface area contributed by atoms with Gasteiger partial charge in [0.1, 0.15) is 0 Å². The molecule has 1 aromatic heterocycles. The SMILES string of the molecule is CCCCCCCCCCCCCCCCC=Cc1cc(O)n(CCO)c1O. The predicted octanol–water partition coefficient (Wildman–Crippen LogP) is 6.78. The highest BCUT2D eigenvalue weighted by Gasteiger charge is 2.10. The maximum Gasteiger partial charge on any atom is 0.201 e. The van der Waals surface area contributed by atoms with Crippen molar-refractivity contribution in [3.63, 3.8) is 0 Å². The molecule has 0 aliphatic rings. The molecule has 0 aromatic carbocycles. The summed E-state index contributed by atoms with van der Waals surface area (Å²) in [5, 5.41) is 28.7. The van der Waals surface area contributed by atoms with E-state index in [0.29, 0.717) is 5.56 Å². The lowest BCUT2D eigenvalue weighted by Crippen LogP contribution is -2.00. The van der Waals surface area contributed by atoms with Crippen LogP contribution in [0.1, 0.15) is 109 Å². The average Bonchev–Trinajstić information content (AvgIpc) is 2.95. The van der Waals surface area contributed by atoms with E-state index in [0.717, 1.165) is 6.42 Å². The molecule has 1 rings (SSSR count). The molecule has 0 aliphatic heterocycles. The topological polar surface area (TPSA) is 65.6 Å². The van der Waals surface area contributed by atoms with E-state index in [1.807, 2.05) is 6.08 Å². The molecule has 0 unspecified atom stereocenters. The van der Waals surface area contributed by atoms with Crippen LogP contribution < -0.4 is 0 Å². The Bertz CT molecular complexity index is 522. The minimum atomic E-state index is -0.113. The van der Waals surface area contributed by atoms with Crippen LogP contribution in [0.25, 0.3) is 6.08 Å². The molecule has 28 heavy (non-hydrogen) atoms. The summed E-state index contributed by atoms with van der Waals surface area (Å²) in [6, 6.07) is 1.53. The Kier molecular flexibility index (Phi) is 14.5. The number of nitrogens with zero attached hydrogens (tertiary/aromatic N) is 1. The summed E-state index contributed by atoms with van der Waals surface area (Å²) >= 11 is 0. The van der Waals surface area contributed by atoms with Gasteiger partial charge in [0.15, 0.2) is 5.88 Å². The first kappa shape index (κ1) is 24.6. The monoisotopic (exact) mass is 393 g/mol. The Morgan fingerprint density at radius 3 is 1.79 bits per heavy atom. The molecule has 162 valence electrons. The zero-order valence-electron chi connectivity index (χ0n) is 18.0. The van der Waals surface area contributed by atoms with E-state index in [9.17, 15) is 10.2 Å². The third kappa shape index (κ3) is 10.8. The van der Waals surface area contributed by atoms with Gasteiger partial charge in [0.05, 0.1) is 13.2 Å². The van der Waals surface area contributed by atoms with Crippen LogP contribution in [0.2, 0.25) is 0 Å². The van der Waals surface area contributed by atoms with E-state index in [-0.39, 0.29) is 24.9 Å². The highest BCUT2D eigenvalue weighted by atomic mass is 16.3. The van der Waals surface area contributed by atoms with E-state index >= 15 is 0 Å². The minimum Gasteiger partial charge on any atom is -0.494 e. The summed E-state index contributed by atoms with van der Waals surface area (Å²) < 4.78 is 1.31. The molecule has 3 N–H and O–H groups in total. The van der Waals surface area contributed by atoms with Gasteiger partial charge in [-0.1, -0.05) is 103 Å². The number of unbranched alkanes of at least 4 members (excludes halogenated alkanes) is 14. The normalized spacial score (nSPS) is 11.6. The Morgan fingerprint density at radius 1 is 0.786 bits per heavy atom. The third-order valence-electron chi connectivity index (χ3n) is 5.42. The van der Waals surface area contributed by atoms with Gasteiger partial charge in [0.2, 0.25) is 5.88 Å². The number of aromatic hydroxyl groups is 2. The molecule has 0 radical (unpaired) electrons. The summed E-state index contributed by atoms with van der Waals surface area (Å²) in [6.07, 6.45) is 24.0.